The van der Waals surface area contributed by atoms with Gasteiger partial charge in [0.1, 0.15) is 0 Å². The summed E-state index contributed by atoms with van der Waals surface area (Å²) in [6, 6.07) is 2.37. The van der Waals surface area contributed by atoms with Gasteiger partial charge in [-0.05, 0) is 18.2 Å². The molecule has 7 heteroatoms. The van der Waals surface area contributed by atoms with E-state index < -0.39 is 17.7 Å². The van der Waals surface area contributed by atoms with Crippen LogP contribution in [-0.2, 0) is 15.7 Å². The van der Waals surface area contributed by atoms with Crippen molar-refractivity contribution in [3.05, 3.63) is 29.3 Å². The number of rotatable bonds is 3. The highest BCUT2D eigenvalue weighted by Gasteiger charge is 2.31. The molecule has 0 saturated heterocycles. The smallest absolute Gasteiger partial charge is 0.416 e. The number of nitrogens with one attached hydrogen (secondary N) is 1. The van der Waals surface area contributed by atoms with Gasteiger partial charge in [0.2, 0.25) is 6.41 Å². The minimum atomic E-state index is -4.57. The second-order valence-electron chi connectivity index (χ2n) is 3.01. The van der Waals surface area contributed by atoms with Gasteiger partial charge in [-0.25, -0.2) is 4.79 Å². The fourth-order valence-corrected chi connectivity index (χ4v) is 1.19. The maximum Gasteiger partial charge on any atom is 0.416 e. The fraction of sp³-hybridized carbons (Fsp3) is 0.200. The van der Waals surface area contributed by atoms with Crippen LogP contribution in [0.2, 0.25) is 0 Å². The molecule has 4 nitrogen and oxygen atoms in total. The molecule has 17 heavy (non-hydrogen) atoms. The summed E-state index contributed by atoms with van der Waals surface area (Å²) in [6.45, 7) is 0. The van der Waals surface area contributed by atoms with E-state index >= 15 is 0 Å². The summed E-state index contributed by atoms with van der Waals surface area (Å²) in [5.74, 6) is -0.958. The summed E-state index contributed by atoms with van der Waals surface area (Å²) in [7, 11) is 1.04. The van der Waals surface area contributed by atoms with Gasteiger partial charge in [0.25, 0.3) is 0 Å². The zero-order chi connectivity index (χ0) is 13.1. The molecule has 1 N–H and O–H groups in total. The molecule has 0 saturated carbocycles. The van der Waals surface area contributed by atoms with Crippen LogP contribution < -0.4 is 5.32 Å². The van der Waals surface area contributed by atoms with E-state index in [2.05, 4.69) is 10.1 Å². The van der Waals surface area contributed by atoms with Crippen LogP contribution in [0.25, 0.3) is 0 Å². The molecular weight excluding hydrogens is 239 g/mol. The van der Waals surface area contributed by atoms with Crippen LogP contribution in [0.4, 0.5) is 18.9 Å². The van der Waals surface area contributed by atoms with E-state index in [0.717, 1.165) is 19.2 Å². The first-order valence-electron chi connectivity index (χ1n) is 4.40. The Morgan fingerprint density at radius 2 is 2.06 bits per heavy atom. The van der Waals surface area contributed by atoms with Gasteiger partial charge in [0, 0.05) is 0 Å². The van der Waals surface area contributed by atoms with Gasteiger partial charge < -0.3 is 10.1 Å². The predicted octanol–water partition coefficient (Wildman–Crippen LogP) is 2.06. The monoisotopic (exact) mass is 247 g/mol. The van der Waals surface area contributed by atoms with Crippen LogP contribution in [0.5, 0.6) is 0 Å². The Bertz CT molecular complexity index is 443. The van der Waals surface area contributed by atoms with Crippen LogP contribution in [0.15, 0.2) is 18.2 Å². The molecule has 0 unspecified atom stereocenters. The molecule has 92 valence electrons. The second kappa shape index (κ2) is 4.86. The molecule has 0 aliphatic carbocycles. The van der Waals surface area contributed by atoms with Crippen molar-refractivity contribution in [1.82, 2.24) is 0 Å². The zero-order valence-electron chi connectivity index (χ0n) is 8.67. The van der Waals surface area contributed by atoms with Crippen molar-refractivity contribution >= 4 is 18.1 Å². The van der Waals surface area contributed by atoms with E-state index in [4.69, 9.17) is 0 Å². The first-order valence-corrected chi connectivity index (χ1v) is 4.40. The highest BCUT2D eigenvalue weighted by Crippen LogP contribution is 2.31. The molecule has 0 aromatic heterocycles. The van der Waals surface area contributed by atoms with Crippen LogP contribution in [0.1, 0.15) is 15.9 Å². The summed E-state index contributed by atoms with van der Waals surface area (Å²) < 4.78 is 41.6. The van der Waals surface area contributed by atoms with Crippen molar-refractivity contribution < 1.29 is 27.5 Å². The molecule has 0 radical (unpaired) electrons. The van der Waals surface area contributed by atoms with Gasteiger partial charge in [-0.2, -0.15) is 13.2 Å². The highest BCUT2D eigenvalue weighted by atomic mass is 19.4. The molecule has 0 bridgehead atoms. The van der Waals surface area contributed by atoms with Crippen molar-refractivity contribution in [3.63, 3.8) is 0 Å². The van der Waals surface area contributed by atoms with Gasteiger partial charge >= 0.3 is 12.1 Å². The van der Waals surface area contributed by atoms with E-state index in [0.29, 0.717) is 6.07 Å². The lowest BCUT2D eigenvalue weighted by molar-refractivity contribution is -0.137. The molecule has 0 fully saturated rings. The molecule has 1 aromatic rings. The second-order valence-corrected chi connectivity index (χ2v) is 3.01. The van der Waals surface area contributed by atoms with E-state index in [1.54, 1.807) is 0 Å². The molecule has 1 rings (SSSR count). The van der Waals surface area contributed by atoms with Gasteiger partial charge in [0.05, 0.1) is 23.9 Å². The van der Waals surface area contributed by atoms with Gasteiger partial charge in [-0.1, -0.05) is 0 Å². The number of hydrogen-bond acceptors (Lipinski definition) is 3. The number of halogens is 3. The Labute approximate surface area is 94.4 Å². The van der Waals surface area contributed by atoms with Crippen LogP contribution in [0.3, 0.4) is 0 Å². The largest absolute Gasteiger partial charge is 0.465 e. The number of methoxy groups -OCH3 is 1. The first-order chi connectivity index (χ1) is 7.90. The number of carbonyl (C=O) groups excluding carboxylic acids is 2. The molecule has 1 amide bonds. The molecule has 0 heterocycles. The van der Waals surface area contributed by atoms with Gasteiger partial charge in [-0.3, -0.25) is 4.79 Å². The lowest BCUT2D eigenvalue weighted by atomic mass is 10.1. The Morgan fingerprint density at radius 1 is 1.41 bits per heavy atom. The predicted molar refractivity (Wildman–Crippen MR) is 52.5 cm³/mol. The summed E-state index contributed by atoms with van der Waals surface area (Å²) in [5.41, 5.74) is -1.39. The number of benzene rings is 1. The highest BCUT2D eigenvalue weighted by molar-refractivity contribution is 5.97. The maximum atomic E-state index is 12.4. The van der Waals surface area contributed by atoms with E-state index in [1.165, 1.54) is 0 Å². The van der Waals surface area contributed by atoms with Gasteiger partial charge in [-0.15, -0.1) is 0 Å². The Hall–Kier alpha value is -2.05. The average Bonchev–Trinajstić information content (AvgIpc) is 2.27. The number of anilines is 1. The van der Waals surface area contributed by atoms with Crippen molar-refractivity contribution in [1.29, 1.82) is 0 Å². The van der Waals surface area contributed by atoms with Gasteiger partial charge in [0.15, 0.2) is 0 Å². The Morgan fingerprint density at radius 3 is 2.53 bits per heavy atom. The minimum Gasteiger partial charge on any atom is -0.465 e. The topological polar surface area (TPSA) is 55.4 Å². The van der Waals surface area contributed by atoms with Crippen molar-refractivity contribution in [3.8, 4) is 0 Å². The third kappa shape index (κ3) is 2.96. The summed E-state index contributed by atoms with van der Waals surface area (Å²) in [4.78, 5) is 21.5. The van der Waals surface area contributed by atoms with Crippen LogP contribution >= 0.6 is 0 Å². The lowest BCUT2D eigenvalue weighted by Crippen LogP contribution is -2.11. The van der Waals surface area contributed by atoms with Crippen LogP contribution in [0, 0.1) is 0 Å². The Balaban J connectivity index is 3.28. The Kier molecular flexibility index (Phi) is 3.72. The zero-order valence-corrected chi connectivity index (χ0v) is 8.67. The minimum absolute atomic E-state index is 0.0418. The average molecular weight is 247 g/mol. The number of amides is 1. The number of esters is 1. The number of hydrogen-bond donors (Lipinski definition) is 1. The third-order valence-corrected chi connectivity index (χ3v) is 1.97. The molecule has 0 aliphatic heterocycles. The number of carbonyl (C=O) groups is 2. The van der Waals surface area contributed by atoms with Crippen molar-refractivity contribution in [2.24, 2.45) is 0 Å². The van der Waals surface area contributed by atoms with Crippen molar-refractivity contribution in [2.45, 2.75) is 6.18 Å². The SMILES string of the molecule is COC(=O)c1cc(C(F)(F)F)ccc1NC=O. The van der Waals surface area contributed by atoms with Crippen molar-refractivity contribution in [2.75, 3.05) is 12.4 Å². The maximum absolute atomic E-state index is 12.4. The quantitative estimate of drug-likeness (QED) is 0.657. The normalized spacial score (nSPS) is 10.8. The summed E-state index contributed by atoms with van der Waals surface area (Å²) in [5, 5.41) is 2.12. The molecular formula is C10H8F3NO3. The van der Waals surface area contributed by atoms with E-state index in [1.807, 2.05) is 0 Å². The van der Waals surface area contributed by atoms with E-state index in [9.17, 15) is 22.8 Å². The fourth-order valence-electron chi connectivity index (χ4n) is 1.19. The molecule has 1 aromatic carbocycles. The lowest BCUT2D eigenvalue weighted by Gasteiger charge is -2.11. The molecule has 0 spiro atoms. The number of ether oxygens (including phenoxy) is 1. The summed E-state index contributed by atoms with van der Waals surface area (Å²) in [6.07, 6.45) is -4.31. The van der Waals surface area contributed by atoms with Crippen LogP contribution in [-0.4, -0.2) is 19.5 Å². The standard InChI is InChI=1S/C10H8F3NO3/c1-17-9(16)7-4-6(10(11,12)13)2-3-8(7)14-5-15/h2-5H,1H3,(H,14,15). The first kappa shape index (κ1) is 13.0. The molecule has 0 aliphatic rings. The third-order valence-electron chi connectivity index (χ3n) is 1.97. The molecule has 0 atom stereocenters. The summed E-state index contributed by atoms with van der Waals surface area (Å²) >= 11 is 0. The van der Waals surface area contributed by atoms with E-state index in [-0.39, 0.29) is 17.7 Å². The number of alkyl halides is 3.